The molecule has 1 aliphatic heterocycles. The van der Waals surface area contributed by atoms with E-state index in [1.807, 2.05) is 0 Å². The second-order valence-corrected chi connectivity index (χ2v) is 6.51. The number of rotatable bonds is 4. The third-order valence-corrected chi connectivity index (χ3v) is 4.74. The predicted octanol–water partition coefficient (Wildman–Crippen LogP) is 2.65. The van der Waals surface area contributed by atoms with Gasteiger partial charge in [-0.25, -0.2) is 9.69 Å². The maximum Gasteiger partial charge on any atom is 0.334 e. The van der Waals surface area contributed by atoms with Gasteiger partial charge in [0.25, 0.3) is 0 Å². The lowest BCUT2D eigenvalue weighted by Gasteiger charge is -2.28. The van der Waals surface area contributed by atoms with Gasteiger partial charge >= 0.3 is 17.8 Å². The van der Waals surface area contributed by atoms with Crippen LogP contribution in [0.1, 0.15) is 42.5 Å². The van der Waals surface area contributed by atoms with Gasteiger partial charge in [-0.05, 0) is 37.1 Å². The summed E-state index contributed by atoms with van der Waals surface area (Å²) in [6.07, 6.45) is 4.35. The molecule has 2 fully saturated rings. The van der Waals surface area contributed by atoms with Crippen molar-refractivity contribution in [2.45, 2.75) is 38.1 Å². The van der Waals surface area contributed by atoms with Crippen LogP contribution < -0.4 is 0 Å². The van der Waals surface area contributed by atoms with E-state index in [0.717, 1.165) is 29.1 Å². The van der Waals surface area contributed by atoms with Crippen LogP contribution in [0.5, 0.6) is 0 Å². The molecule has 0 N–H and O–H groups in total. The number of imide groups is 2. The lowest BCUT2D eigenvalue weighted by atomic mass is 9.94. The van der Waals surface area contributed by atoms with Crippen molar-refractivity contribution >= 4 is 35.2 Å². The fourth-order valence-corrected chi connectivity index (χ4v) is 3.32. The number of nitrogens with zero attached hydrogens (tertiary/aromatic N) is 2. The summed E-state index contributed by atoms with van der Waals surface area (Å²) in [7, 11) is 0. The van der Waals surface area contributed by atoms with Crippen LogP contribution >= 0.6 is 11.6 Å². The first kappa shape index (κ1) is 16.6. The zero-order valence-corrected chi connectivity index (χ0v) is 13.8. The quantitative estimate of drug-likeness (QED) is 0.476. The van der Waals surface area contributed by atoms with Crippen LogP contribution in [-0.4, -0.2) is 46.0 Å². The van der Waals surface area contributed by atoms with E-state index in [0.29, 0.717) is 23.4 Å². The third-order valence-electron chi connectivity index (χ3n) is 4.49. The first-order chi connectivity index (χ1) is 11.5. The summed E-state index contributed by atoms with van der Waals surface area (Å²) in [6.45, 7) is -0.436. The van der Waals surface area contributed by atoms with Gasteiger partial charge in [0, 0.05) is 16.6 Å². The second kappa shape index (κ2) is 6.73. The van der Waals surface area contributed by atoms with Crippen molar-refractivity contribution in [2.24, 2.45) is 0 Å². The molecule has 1 saturated carbocycles. The SMILES string of the molecule is O=C(CN1C(=O)C(=O)N(C2CCCCC2)C1=O)c1ccc(Cl)cc1. The van der Waals surface area contributed by atoms with Crippen molar-refractivity contribution in [1.82, 2.24) is 9.80 Å². The minimum atomic E-state index is -0.923. The molecule has 2 aliphatic rings. The van der Waals surface area contributed by atoms with Gasteiger partial charge in [-0.3, -0.25) is 19.3 Å². The van der Waals surface area contributed by atoms with Crippen molar-refractivity contribution in [2.75, 3.05) is 6.54 Å². The summed E-state index contributed by atoms with van der Waals surface area (Å²) in [5.41, 5.74) is 0.337. The van der Waals surface area contributed by atoms with Gasteiger partial charge in [0.1, 0.15) is 0 Å². The normalized spacial score (nSPS) is 19.3. The van der Waals surface area contributed by atoms with Crippen LogP contribution in [0.15, 0.2) is 24.3 Å². The lowest BCUT2D eigenvalue weighted by Crippen LogP contribution is -2.43. The molecule has 126 valence electrons. The smallest absolute Gasteiger partial charge is 0.292 e. The number of halogens is 1. The number of carbonyl (C=O) groups is 4. The first-order valence-electron chi connectivity index (χ1n) is 7.97. The molecule has 24 heavy (non-hydrogen) atoms. The van der Waals surface area contributed by atoms with Crippen molar-refractivity contribution in [3.8, 4) is 0 Å². The Morgan fingerprint density at radius 1 is 1.00 bits per heavy atom. The summed E-state index contributed by atoms with van der Waals surface area (Å²) >= 11 is 5.78. The van der Waals surface area contributed by atoms with Crippen LogP contribution in [-0.2, 0) is 9.59 Å². The molecule has 0 spiro atoms. The van der Waals surface area contributed by atoms with Crippen LogP contribution in [0.25, 0.3) is 0 Å². The Bertz CT molecular complexity index is 695. The highest BCUT2D eigenvalue weighted by Crippen LogP contribution is 2.27. The number of ketones is 1. The van der Waals surface area contributed by atoms with Crippen molar-refractivity contribution < 1.29 is 19.2 Å². The fourth-order valence-electron chi connectivity index (χ4n) is 3.19. The van der Waals surface area contributed by atoms with Gasteiger partial charge < -0.3 is 0 Å². The number of benzene rings is 1. The minimum absolute atomic E-state index is 0.238. The Labute approximate surface area is 144 Å². The van der Waals surface area contributed by atoms with Gasteiger partial charge in [0.05, 0.1) is 6.54 Å². The molecule has 6 nitrogen and oxygen atoms in total. The number of amides is 4. The van der Waals surface area contributed by atoms with Gasteiger partial charge in [-0.1, -0.05) is 30.9 Å². The standard InChI is InChI=1S/C17H17ClN2O4/c18-12-8-6-11(7-9-12)14(21)10-19-15(22)16(23)20(17(19)24)13-4-2-1-3-5-13/h6-9,13H,1-5,10H2. The largest absolute Gasteiger partial charge is 0.334 e. The summed E-state index contributed by atoms with van der Waals surface area (Å²) in [4.78, 5) is 50.8. The molecule has 1 aromatic rings. The van der Waals surface area contributed by atoms with Gasteiger partial charge in [-0.15, -0.1) is 0 Å². The van der Waals surface area contributed by atoms with Gasteiger partial charge in [-0.2, -0.15) is 0 Å². The first-order valence-corrected chi connectivity index (χ1v) is 8.34. The number of Topliss-reactive ketones (excluding diaryl/α,β-unsaturated/α-hetero) is 1. The fraction of sp³-hybridized carbons (Fsp3) is 0.412. The highest BCUT2D eigenvalue weighted by Gasteiger charge is 2.48. The molecule has 7 heteroatoms. The molecule has 0 atom stereocenters. The molecule has 0 unspecified atom stereocenters. The Morgan fingerprint density at radius 2 is 1.62 bits per heavy atom. The molecular weight excluding hydrogens is 332 g/mol. The summed E-state index contributed by atoms with van der Waals surface area (Å²) in [5, 5.41) is 0.485. The topological polar surface area (TPSA) is 74.8 Å². The number of hydrogen-bond acceptors (Lipinski definition) is 4. The van der Waals surface area contributed by atoms with E-state index in [1.165, 1.54) is 12.1 Å². The Hall–Kier alpha value is -2.21. The zero-order valence-electron chi connectivity index (χ0n) is 13.0. The zero-order chi connectivity index (χ0) is 17.3. The van der Waals surface area contributed by atoms with E-state index in [4.69, 9.17) is 11.6 Å². The summed E-state index contributed by atoms with van der Waals surface area (Å²) in [6, 6.07) is 5.24. The van der Waals surface area contributed by atoms with E-state index in [-0.39, 0.29) is 6.04 Å². The number of hydrogen-bond donors (Lipinski definition) is 0. The van der Waals surface area contributed by atoms with E-state index >= 15 is 0 Å². The summed E-state index contributed by atoms with van der Waals surface area (Å²) in [5.74, 6) is -2.16. The van der Waals surface area contributed by atoms with Crippen molar-refractivity contribution in [3.63, 3.8) is 0 Å². The monoisotopic (exact) mass is 348 g/mol. The molecule has 1 saturated heterocycles. The Balaban J connectivity index is 1.74. The predicted molar refractivity (Wildman–Crippen MR) is 86.6 cm³/mol. The molecule has 1 heterocycles. The molecule has 4 amide bonds. The molecule has 3 rings (SSSR count). The Morgan fingerprint density at radius 3 is 2.25 bits per heavy atom. The maximum atomic E-state index is 12.5. The van der Waals surface area contributed by atoms with E-state index in [1.54, 1.807) is 12.1 Å². The molecular formula is C17H17ClN2O4. The second-order valence-electron chi connectivity index (χ2n) is 6.07. The highest BCUT2D eigenvalue weighted by atomic mass is 35.5. The molecule has 0 radical (unpaired) electrons. The minimum Gasteiger partial charge on any atom is -0.292 e. The van der Waals surface area contributed by atoms with Crippen LogP contribution in [0.2, 0.25) is 5.02 Å². The summed E-state index contributed by atoms with van der Waals surface area (Å²) < 4.78 is 0. The number of carbonyl (C=O) groups excluding carboxylic acids is 4. The molecule has 1 aliphatic carbocycles. The highest BCUT2D eigenvalue weighted by molar-refractivity contribution is 6.45. The Kier molecular flexibility index (Phi) is 4.66. The van der Waals surface area contributed by atoms with E-state index in [2.05, 4.69) is 0 Å². The lowest BCUT2D eigenvalue weighted by molar-refractivity contribution is -0.144. The average molecular weight is 349 g/mol. The van der Waals surface area contributed by atoms with Gasteiger partial charge in [0.15, 0.2) is 5.78 Å². The van der Waals surface area contributed by atoms with Crippen LogP contribution in [0.4, 0.5) is 4.79 Å². The van der Waals surface area contributed by atoms with Crippen LogP contribution in [0.3, 0.4) is 0 Å². The van der Waals surface area contributed by atoms with Crippen molar-refractivity contribution in [1.29, 1.82) is 0 Å². The van der Waals surface area contributed by atoms with Crippen LogP contribution in [0, 0.1) is 0 Å². The molecule has 1 aromatic carbocycles. The maximum absolute atomic E-state index is 12.5. The number of urea groups is 1. The third kappa shape index (κ3) is 3.06. The van der Waals surface area contributed by atoms with E-state index in [9.17, 15) is 19.2 Å². The average Bonchev–Trinajstić information content (AvgIpc) is 2.80. The van der Waals surface area contributed by atoms with Gasteiger partial charge in [0.2, 0.25) is 0 Å². The van der Waals surface area contributed by atoms with Crippen molar-refractivity contribution in [3.05, 3.63) is 34.9 Å². The van der Waals surface area contributed by atoms with E-state index < -0.39 is 30.2 Å². The molecule has 0 bridgehead atoms. The molecule has 0 aromatic heterocycles.